The Labute approximate surface area is 107 Å². The molecular formula is C12H21N3OS. The molecule has 3 N–H and O–H groups in total. The van der Waals surface area contributed by atoms with Crippen LogP contribution in [-0.4, -0.2) is 24.0 Å². The lowest BCUT2D eigenvalue weighted by molar-refractivity contribution is -0.131. The molecule has 0 bridgehead atoms. The minimum Gasteiger partial charge on any atom is -0.355 e. The minimum atomic E-state index is -0.400. The number of nitrogens with zero attached hydrogens (tertiary/aromatic N) is 1. The highest BCUT2D eigenvalue weighted by Gasteiger charge is 2.32. The molecular weight excluding hydrogens is 234 g/mol. The van der Waals surface area contributed by atoms with Crippen LogP contribution in [0.1, 0.15) is 31.7 Å². The molecule has 1 aromatic heterocycles. The fourth-order valence-electron chi connectivity index (χ4n) is 1.80. The standard InChI is InChI=1S/C12H21N3OS/c1-3-12(4-2,9-13)11(16)15-6-5-10-14-7-8-17-10/h7-8H,3-6,9,13H2,1-2H3,(H,15,16). The van der Waals surface area contributed by atoms with Crippen molar-refractivity contribution in [2.24, 2.45) is 11.1 Å². The van der Waals surface area contributed by atoms with E-state index in [9.17, 15) is 4.79 Å². The molecule has 0 aliphatic rings. The summed E-state index contributed by atoms with van der Waals surface area (Å²) in [5.41, 5.74) is 5.32. The summed E-state index contributed by atoms with van der Waals surface area (Å²) >= 11 is 1.61. The lowest BCUT2D eigenvalue weighted by atomic mass is 9.81. The van der Waals surface area contributed by atoms with E-state index < -0.39 is 5.41 Å². The Bertz CT molecular complexity index is 325. The van der Waals surface area contributed by atoms with Gasteiger partial charge in [0.05, 0.1) is 10.4 Å². The van der Waals surface area contributed by atoms with E-state index in [1.807, 2.05) is 19.2 Å². The number of carbonyl (C=O) groups is 1. The van der Waals surface area contributed by atoms with Gasteiger partial charge in [-0.3, -0.25) is 4.79 Å². The Hall–Kier alpha value is -0.940. The lowest BCUT2D eigenvalue weighted by Crippen LogP contribution is -2.45. The molecule has 0 aliphatic carbocycles. The van der Waals surface area contributed by atoms with Crippen LogP contribution in [0.2, 0.25) is 0 Å². The van der Waals surface area contributed by atoms with Crippen LogP contribution < -0.4 is 11.1 Å². The van der Waals surface area contributed by atoms with Crippen LogP contribution in [0.25, 0.3) is 0 Å². The summed E-state index contributed by atoms with van der Waals surface area (Å²) < 4.78 is 0. The first kappa shape index (κ1) is 14.1. The van der Waals surface area contributed by atoms with Crippen molar-refractivity contribution in [2.45, 2.75) is 33.1 Å². The summed E-state index contributed by atoms with van der Waals surface area (Å²) in [6.45, 7) is 5.06. The van der Waals surface area contributed by atoms with E-state index in [0.717, 1.165) is 24.3 Å². The van der Waals surface area contributed by atoms with Crippen LogP contribution in [-0.2, 0) is 11.2 Å². The number of rotatable bonds is 7. The second-order valence-electron chi connectivity index (χ2n) is 4.12. The fraction of sp³-hybridized carbons (Fsp3) is 0.667. The normalized spacial score (nSPS) is 11.5. The molecule has 0 saturated heterocycles. The minimum absolute atomic E-state index is 0.0709. The highest BCUT2D eigenvalue weighted by atomic mass is 32.1. The smallest absolute Gasteiger partial charge is 0.227 e. The molecule has 17 heavy (non-hydrogen) atoms. The zero-order chi connectivity index (χ0) is 12.7. The van der Waals surface area contributed by atoms with Gasteiger partial charge in [-0.25, -0.2) is 4.98 Å². The molecule has 1 aromatic rings. The van der Waals surface area contributed by atoms with E-state index in [0.29, 0.717) is 13.1 Å². The number of nitrogens with two attached hydrogens (primary N) is 1. The van der Waals surface area contributed by atoms with E-state index in [1.165, 1.54) is 0 Å². The van der Waals surface area contributed by atoms with Crippen LogP contribution >= 0.6 is 11.3 Å². The molecule has 0 aliphatic heterocycles. The van der Waals surface area contributed by atoms with Crippen molar-refractivity contribution in [3.63, 3.8) is 0 Å². The highest BCUT2D eigenvalue weighted by molar-refractivity contribution is 7.09. The van der Waals surface area contributed by atoms with E-state index >= 15 is 0 Å². The molecule has 1 amide bonds. The summed E-state index contributed by atoms with van der Waals surface area (Å²) in [6, 6.07) is 0. The largest absolute Gasteiger partial charge is 0.355 e. The maximum absolute atomic E-state index is 12.1. The van der Waals surface area contributed by atoms with Gasteiger partial charge in [0.1, 0.15) is 0 Å². The van der Waals surface area contributed by atoms with Gasteiger partial charge >= 0.3 is 0 Å². The van der Waals surface area contributed by atoms with Gasteiger partial charge in [-0.1, -0.05) is 13.8 Å². The molecule has 0 unspecified atom stereocenters. The fourth-order valence-corrected chi connectivity index (χ4v) is 2.42. The maximum Gasteiger partial charge on any atom is 0.227 e. The van der Waals surface area contributed by atoms with Crippen LogP contribution in [0, 0.1) is 5.41 Å². The van der Waals surface area contributed by atoms with Crippen molar-refractivity contribution in [2.75, 3.05) is 13.1 Å². The van der Waals surface area contributed by atoms with Gasteiger partial charge in [-0.05, 0) is 12.8 Å². The average molecular weight is 255 g/mol. The molecule has 0 fully saturated rings. The molecule has 5 heteroatoms. The number of amides is 1. The summed E-state index contributed by atoms with van der Waals surface area (Å²) in [6.07, 6.45) is 4.13. The van der Waals surface area contributed by atoms with Gasteiger partial charge < -0.3 is 11.1 Å². The van der Waals surface area contributed by atoms with E-state index in [-0.39, 0.29) is 5.91 Å². The SMILES string of the molecule is CCC(CC)(CN)C(=O)NCCc1nccs1. The van der Waals surface area contributed by atoms with Crippen molar-refractivity contribution in [1.82, 2.24) is 10.3 Å². The first-order valence-electron chi connectivity index (χ1n) is 6.05. The summed E-state index contributed by atoms with van der Waals surface area (Å²) in [7, 11) is 0. The molecule has 1 rings (SSSR count). The topological polar surface area (TPSA) is 68.0 Å². The van der Waals surface area contributed by atoms with Crippen molar-refractivity contribution < 1.29 is 4.79 Å². The molecule has 4 nitrogen and oxygen atoms in total. The molecule has 0 radical (unpaired) electrons. The average Bonchev–Trinajstić information content (AvgIpc) is 2.85. The molecule has 1 heterocycles. The monoisotopic (exact) mass is 255 g/mol. The lowest BCUT2D eigenvalue weighted by Gasteiger charge is -2.28. The van der Waals surface area contributed by atoms with Gasteiger partial charge in [0.25, 0.3) is 0 Å². The second kappa shape index (κ2) is 6.71. The van der Waals surface area contributed by atoms with Crippen molar-refractivity contribution in [1.29, 1.82) is 0 Å². The van der Waals surface area contributed by atoms with E-state index in [2.05, 4.69) is 10.3 Å². The number of thiazole rings is 1. The Balaban J connectivity index is 2.42. The molecule has 0 atom stereocenters. The zero-order valence-electron chi connectivity index (χ0n) is 10.5. The molecule has 0 aromatic carbocycles. The summed E-state index contributed by atoms with van der Waals surface area (Å²) in [4.78, 5) is 16.3. The van der Waals surface area contributed by atoms with Crippen LogP contribution in [0.3, 0.4) is 0 Å². The quantitative estimate of drug-likeness (QED) is 0.777. The molecule has 0 saturated carbocycles. The number of hydrogen-bond acceptors (Lipinski definition) is 4. The molecule has 96 valence electrons. The maximum atomic E-state index is 12.1. The second-order valence-corrected chi connectivity index (χ2v) is 5.10. The summed E-state index contributed by atoms with van der Waals surface area (Å²) in [5.74, 6) is 0.0709. The third-order valence-electron chi connectivity index (χ3n) is 3.33. The third kappa shape index (κ3) is 3.51. The zero-order valence-corrected chi connectivity index (χ0v) is 11.3. The van der Waals surface area contributed by atoms with Crippen LogP contribution in [0.5, 0.6) is 0 Å². The predicted octanol–water partition coefficient (Wildman–Crippen LogP) is 1.57. The Kier molecular flexibility index (Phi) is 5.58. The number of carbonyl (C=O) groups excluding carboxylic acids is 1. The van der Waals surface area contributed by atoms with Crippen LogP contribution in [0.15, 0.2) is 11.6 Å². The van der Waals surface area contributed by atoms with Gasteiger partial charge in [0, 0.05) is 31.1 Å². The van der Waals surface area contributed by atoms with Crippen molar-refractivity contribution >= 4 is 17.2 Å². The Morgan fingerprint density at radius 3 is 2.71 bits per heavy atom. The van der Waals surface area contributed by atoms with E-state index in [4.69, 9.17) is 5.73 Å². The third-order valence-corrected chi connectivity index (χ3v) is 4.17. The van der Waals surface area contributed by atoms with Gasteiger partial charge in [0.2, 0.25) is 5.91 Å². The van der Waals surface area contributed by atoms with Crippen LogP contribution in [0.4, 0.5) is 0 Å². The van der Waals surface area contributed by atoms with Crippen molar-refractivity contribution in [3.05, 3.63) is 16.6 Å². The van der Waals surface area contributed by atoms with Gasteiger partial charge in [-0.2, -0.15) is 0 Å². The highest BCUT2D eigenvalue weighted by Crippen LogP contribution is 2.24. The number of nitrogens with one attached hydrogen (secondary N) is 1. The predicted molar refractivity (Wildman–Crippen MR) is 70.9 cm³/mol. The summed E-state index contributed by atoms with van der Waals surface area (Å²) in [5, 5.41) is 5.96. The van der Waals surface area contributed by atoms with Crippen molar-refractivity contribution in [3.8, 4) is 0 Å². The first-order chi connectivity index (χ1) is 8.18. The van der Waals surface area contributed by atoms with Gasteiger partial charge in [0.15, 0.2) is 0 Å². The number of aromatic nitrogens is 1. The molecule has 0 spiro atoms. The van der Waals surface area contributed by atoms with Gasteiger partial charge in [-0.15, -0.1) is 11.3 Å². The number of hydrogen-bond donors (Lipinski definition) is 2. The van der Waals surface area contributed by atoms with E-state index in [1.54, 1.807) is 17.5 Å². The Morgan fingerprint density at radius 1 is 1.53 bits per heavy atom. The Morgan fingerprint density at radius 2 is 2.24 bits per heavy atom. The first-order valence-corrected chi connectivity index (χ1v) is 6.93.